The lowest BCUT2D eigenvalue weighted by molar-refractivity contribution is -0.117. The van der Waals surface area contributed by atoms with E-state index in [0.717, 1.165) is 22.2 Å². The van der Waals surface area contributed by atoms with Gasteiger partial charge in [0.1, 0.15) is 0 Å². The third kappa shape index (κ3) is 2.40. The van der Waals surface area contributed by atoms with Crippen molar-refractivity contribution in [1.29, 1.82) is 0 Å². The van der Waals surface area contributed by atoms with E-state index in [1.165, 1.54) is 0 Å². The van der Waals surface area contributed by atoms with Crippen LogP contribution >= 0.6 is 0 Å². The first kappa shape index (κ1) is 13.7. The lowest BCUT2D eigenvalue weighted by atomic mass is 10.1. The fourth-order valence-electron chi connectivity index (χ4n) is 2.80. The van der Waals surface area contributed by atoms with Crippen LogP contribution in [0.3, 0.4) is 0 Å². The van der Waals surface area contributed by atoms with Gasteiger partial charge in [-0.3, -0.25) is 4.79 Å². The number of amides is 1. The normalized spacial score (nSPS) is 12.6. The maximum atomic E-state index is 12.6. The molecule has 23 heavy (non-hydrogen) atoms. The summed E-state index contributed by atoms with van der Waals surface area (Å²) in [5.41, 5.74) is 2.83. The van der Waals surface area contributed by atoms with Crippen LogP contribution in [0.15, 0.2) is 48.7 Å². The fraction of sp³-hybridized carbons (Fsp3) is 0.167. The van der Waals surface area contributed by atoms with Crippen molar-refractivity contribution in [2.45, 2.75) is 6.42 Å². The molecule has 4 rings (SSSR count). The molecule has 2 heterocycles. The maximum absolute atomic E-state index is 12.6. The molecule has 0 spiro atoms. The predicted molar refractivity (Wildman–Crippen MR) is 88.0 cm³/mol. The minimum atomic E-state index is 0.0219. The van der Waals surface area contributed by atoms with Gasteiger partial charge >= 0.3 is 0 Å². The van der Waals surface area contributed by atoms with Crippen LogP contribution in [0.2, 0.25) is 0 Å². The number of rotatable bonds is 3. The van der Waals surface area contributed by atoms with Crippen LogP contribution < -0.4 is 14.4 Å². The van der Waals surface area contributed by atoms with Crippen molar-refractivity contribution in [1.82, 2.24) is 4.98 Å². The molecule has 2 aromatic carbocycles. The van der Waals surface area contributed by atoms with Crippen molar-refractivity contribution in [2.24, 2.45) is 0 Å². The van der Waals surface area contributed by atoms with Crippen LogP contribution in [0.4, 0.5) is 5.69 Å². The summed E-state index contributed by atoms with van der Waals surface area (Å²) in [5, 5.41) is 1.08. The van der Waals surface area contributed by atoms with Gasteiger partial charge in [-0.15, -0.1) is 0 Å². The summed E-state index contributed by atoms with van der Waals surface area (Å²) in [4.78, 5) is 17.4. The molecule has 3 aromatic rings. The molecule has 1 aromatic heterocycles. The predicted octanol–water partition coefficient (Wildman–Crippen LogP) is 3.10. The number of aromatic amines is 1. The van der Waals surface area contributed by atoms with Crippen molar-refractivity contribution in [2.75, 3.05) is 18.7 Å². The molecule has 0 fully saturated rings. The number of nitrogens with one attached hydrogen (secondary N) is 1. The highest BCUT2D eigenvalue weighted by molar-refractivity contribution is 5.97. The Kier molecular flexibility index (Phi) is 3.19. The molecule has 0 radical (unpaired) electrons. The molecule has 116 valence electrons. The summed E-state index contributed by atoms with van der Waals surface area (Å²) >= 11 is 0. The smallest absolute Gasteiger partial charge is 0.231 e. The first-order chi connectivity index (χ1) is 11.2. The van der Waals surface area contributed by atoms with Crippen LogP contribution in [-0.2, 0) is 11.2 Å². The summed E-state index contributed by atoms with van der Waals surface area (Å²) < 4.78 is 10.7. The minimum absolute atomic E-state index is 0.0219. The molecular weight excluding hydrogens is 292 g/mol. The third-order valence-corrected chi connectivity index (χ3v) is 4.13. The van der Waals surface area contributed by atoms with Crippen LogP contribution in [-0.4, -0.2) is 24.7 Å². The number of para-hydroxylation sites is 1. The summed E-state index contributed by atoms with van der Waals surface area (Å²) in [5.74, 6) is 1.41. The summed E-state index contributed by atoms with van der Waals surface area (Å²) in [6.07, 6.45) is 2.24. The van der Waals surface area contributed by atoms with E-state index < -0.39 is 0 Å². The zero-order valence-electron chi connectivity index (χ0n) is 12.7. The number of benzene rings is 2. The number of carbonyl (C=O) groups is 1. The van der Waals surface area contributed by atoms with E-state index in [9.17, 15) is 4.79 Å². The van der Waals surface area contributed by atoms with E-state index in [1.54, 1.807) is 11.9 Å². The Balaban J connectivity index is 1.56. The molecule has 1 N–H and O–H groups in total. The van der Waals surface area contributed by atoms with Crippen molar-refractivity contribution in [3.63, 3.8) is 0 Å². The molecule has 0 aliphatic carbocycles. The van der Waals surface area contributed by atoms with Crippen LogP contribution in [0.25, 0.3) is 10.9 Å². The summed E-state index contributed by atoms with van der Waals surface area (Å²) in [7, 11) is 1.77. The Bertz CT molecular complexity index is 885. The van der Waals surface area contributed by atoms with Crippen LogP contribution in [0, 0.1) is 0 Å². The first-order valence-electron chi connectivity index (χ1n) is 7.43. The average molecular weight is 308 g/mol. The Morgan fingerprint density at radius 3 is 2.91 bits per heavy atom. The Morgan fingerprint density at radius 2 is 2.00 bits per heavy atom. The average Bonchev–Trinajstić information content (AvgIpc) is 3.20. The van der Waals surface area contributed by atoms with E-state index in [0.29, 0.717) is 17.9 Å². The van der Waals surface area contributed by atoms with Crippen molar-refractivity contribution >= 4 is 22.5 Å². The zero-order valence-corrected chi connectivity index (χ0v) is 12.7. The largest absolute Gasteiger partial charge is 0.454 e. The van der Waals surface area contributed by atoms with Crippen molar-refractivity contribution in [3.8, 4) is 11.5 Å². The highest BCUT2D eigenvalue weighted by Gasteiger charge is 2.18. The lowest BCUT2D eigenvalue weighted by Crippen LogP contribution is -2.27. The number of carbonyl (C=O) groups excluding carboxylic acids is 1. The topological polar surface area (TPSA) is 54.6 Å². The molecule has 1 aliphatic heterocycles. The Labute approximate surface area is 133 Å². The van der Waals surface area contributed by atoms with E-state index in [4.69, 9.17) is 9.47 Å². The van der Waals surface area contributed by atoms with Gasteiger partial charge in [0.05, 0.1) is 6.42 Å². The van der Waals surface area contributed by atoms with Crippen LogP contribution in [0.5, 0.6) is 11.5 Å². The second-order valence-electron chi connectivity index (χ2n) is 5.53. The highest BCUT2D eigenvalue weighted by atomic mass is 16.7. The van der Waals surface area contributed by atoms with Gasteiger partial charge in [0.15, 0.2) is 11.5 Å². The number of anilines is 1. The fourth-order valence-corrected chi connectivity index (χ4v) is 2.80. The van der Waals surface area contributed by atoms with Gasteiger partial charge in [-0.05, 0) is 23.8 Å². The molecule has 0 unspecified atom stereocenters. The number of fused-ring (bicyclic) bond motifs is 2. The monoisotopic (exact) mass is 308 g/mol. The number of aromatic nitrogens is 1. The van der Waals surface area contributed by atoms with E-state index in [1.807, 2.05) is 48.7 Å². The molecular formula is C18H16N2O3. The Morgan fingerprint density at radius 1 is 1.17 bits per heavy atom. The second-order valence-corrected chi connectivity index (χ2v) is 5.53. The first-order valence-corrected chi connectivity index (χ1v) is 7.43. The van der Waals surface area contributed by atoms with Crippen molar-refractivity contribution in [3.05, 3.63) is 54.2 Å². The molecule has 1 aliphatic rings. The van der Waals surface area contributed by atoms with Crippen LogP contribution in [0.1, 0.15) is 5.56 Å². The molecule has 0 atom stereocenters. The quantitative estimate of drug-likeness (QED) is 0.809. The minimum Gasteiger partial charge on any atom is -0.454 e. The molecule has 0 saturated carbocycles. The number of likely N-dealkylation sites (N-methyl/N-ethyl adjacent to an activating group) is 1. The van der Waals surface area contributed by atoms with E-state index >= 15 is 0 Å². The molecule has 0 saturated heterocycles. The highest BCUT2D eigenvalue weighted by Crippen LogP contribution is 2.35. The number of H-pyrrole nitrogens is 1. The third-order valence-electron chi connectivity index (χ3n) is 4.13. The summed E-state index contributed by atoms with van der Waals surface area (Å²) in [6, 6.07) is 13.5. The number of nitrogens with zero attached hydrogens (tertiary/aromatic N) is 1. The Hall–Kier alpha value is -2.95. The summed E-state index contributed by atoms with van der Waals surface area (Å²) in [6.45, 7) is 0.228. The van der Waals surface area contributed by atoms with Gasteiger partial charge in [-0.25, -0.2) is 0 Å². The standard InChI is InChI=1S/C18H16N2O3/c1-20(13-6-7-16-17(9-13)23-11-22-16)18(21)8-12-10-19-15-5-3-2-4-14(12)15/h2-7,9-10,19H,8,11H2,1H3. The van der Waals surface area contributed by atoms with Gasteiger partial charge in [0, 0.05) is 35.9 Å². The number of hydrogen-bond donors (Lipinski definition) is 1. The lowest BCUT2D eigenvalue weighted by Gasteiger charge is -2.17. The number of hydrogen-bond acceptors (Lipinski definition) is 3. The van der Waals surface area contributed by atoms with Gasteiger partial charge in [-0.1, -0.05) is 18.2 Å². The zero-order chi connectivity index (χ0) is 15.8. The van der Waals surface area contributed by atoms with Gasteiger partial charge in [0.25, 0.3) is 0 Å². The SMILES string of the molecule is CN(C(=O)Cc1c[nH]c2ccccc12)c1ccc2c(c1)OCO2. The second kappa shape index (κ2) is 5.35. The molecule has 0 bridgehead atoms. The van der Waals surface area contributed by atoms with Gasteiger partial charge in [-0.2, -0.15) is 0 Å². The van der Waals surface area contributed by atoms with Gasteiger partial charge in [0.2, 0.25) is 12.7 Å². The number of ether oxygens (including phenoxy) is 2. The molecule has 5 heteroatoms. The van der Waals surface area contributed by atoms with E-state index in [2.05, 4.69) is 4.98 Å². The van der Waals surface area contributed by atoms with Gasteiger partial charge < -0.3 is 19.4 Å². The van der Waals surface area contributed by atoms with E-state index in [-0.39, 0.29) is 12.7 Å². The molecule has 1 amide bonds. The molecule has 5 nitrogen and oxygen atoms in total. The van der Waals surface area contributed by atoms with Crippen molar-refractivity contribution < 1.29 is 14.3 Å². The maximum Gasteiger partial charge on any atom is 0.231 e.